The van der Waals surface area contributed by atoms with Crippen LogP contribution in [0.15, 0.2) is 12.1 Å². The van der Waals surface area contributed by atoms with E-state index in [0.717, 1.165) is 0 Å². The van der Waals surface area contributed by atoms with E-state index in [1.807, 2.05) is 0 Å². The number of nitrogens with one attached hydrogen (secondary N) is 1. The zero-order chi connectivity index (χ0) is 13.9. The van der Waals surface area contributed by atoms with Crippen LogP contribution < -0.4 is 10.5 Å². The lowest BCUT2D eigenvalue weighted by atomic mass is 10.2. The molecular formula is C9H10F2N2O4S. The Hall–Kier alpha value is -1.74. The predicted octanol–water partition coefficient (Wildman–Crippen LogP) is -0.202. The summed E-state index contributed by atoms with van der Waals surface area (Å²) in [6.45, 7) is -0.668. The molecule has 1 rings (SSSR count). The topological polar surface area (TPSA) is 109 Å². The van der Waals surface area contributed by atoms with Crippen LogP contribution in [-0.2, 0) is 10.0 Å². The van der Waals surface area contributed by atoms with Crippen molar-refractivity contribution >= 4 is 21.6 Å². The maximum Gasteiger partial charge on any atom is 0.251 e. The zero-order valence-corrected chi connectivity index (χ0v) is 9.80. The van der Waals surface area contributed by atoms with Crippen LogP contribution in [0.4, 0.5) is 14.5 Å². The molecule has 0 saturated heterocycles. The Morgan fingerprint density at radius 2 is 1.94 bits per heavy atom. The number of carbonyl (C=O) groups is 1. The van der Waals surface area contributed by atoms with Gasteiger partial charge in [0, 0.05) is 6.07 Å². The molecule has 0 bridgehead atoms. The summed E-state index contributed by atoms with van der Waals surface area (Å²) in [6, 6.07) is 0.999. The molecule has 0 unspecified atom stereocenters. The van der Waals surface area contributed by atoms with E-state index in [9.17, 15) is 22.0 Å². The van der Waals surface area contributed by atoms with Gasteiger partial charge >= 0.3 is 0 Å². The Kier molecular flexibility index (Phi) is 4.19. The van der Waals surface area contributed by atoms with Crippen LogP contribution in [-0.4, -0.2) is 31.8 Å². The summed E-state index contributed by atoms with van der Waals surface area (Å²) >= 11 is 0. The molecule has 0 spiro atoms. The largest absolute Gasteiger partial charge is 0.395 e. The fraction of sp³-hybridized carbons (Fsp3) is 0.222. The van der Waals surface area contributed by atoms with Crippen molar-refractivity contribution in [2.24, 2.45) is 5.73 Å². The van der Waals surface area contributed by atoms with Gasteiger partial charge in [-0.25, -0.2) is 17.2 Å². The van der Waals surface area contributed by atoms with Crippen LogP contribution in [0.3, 0.4) is 0 Å². The summed E-state index contributed by atoms with van der Waals surface area (Å²) in [5.41, 5.74) is 3.45. The van der Waals surface area contributed by atoms with Crippen molar-refractivity contribution in [3.05, 3.63) is 29.3 Å². The van der Waals surface area contributed by atoms with Gasteiger partial charge in [-0.05, 0) is 6.07 Å². The number of nitrogens with two attached hydrogens (primary N) is 1. The zero-order valence-electron chi connectivity index (χ0n) is 8.98. The van der Waals surface area contributed by atoms with Gasteiger partial charge in [0.25, 0.3) is 5.91 Å². The summed E-state index contributed by atoms with van der Waals surface area (Å²) in [7, 11) is -3.98. The number of sulfonamides is 1. The van der Waals surface area contributed by atoms with E-state index < -0.39 is 51.2 Å². The van der Waals surface area contributed by atoms with E-state index in [4.69, 9.17) is 10.8 Å². The monoisotopic (exact) mass is 280 g/mol. The van der Waals surface area contributed by atoms with Crippen LogP contribution in [0.25, 0.3) is 0 Å². The van der Waals surface area contributed by atoms with Gasteiger partial charge in [0.1, 0.15) is 11.6 Å². The molecule has 0 aliphatic rings. The van der Waals surface area contributed by atoms with Gasteiger partial charge in [-0.3, -0.25) is 9.52 Å². The van der Waals surface area contributed by atoms with Crippen molar-refractivity contribution in [1.29, 1.82) is 0 Å². The minimum Gasteiger partial charge on any atom is -0.395 e. The first-order valence-electron chi connectivity index (χ1n) is 4.67. The lowest BCUT2D eigenvalue weighted by Gasteiger charge is -2.09. The smallest absolute Gasteiger partial charge is 0.251 e. The highest BCUT2D eigenvalue weighted by molar-refractivity contribution is 7.92. The summed E-state index contributed by atoms with van der Waals surface area (Å²) in [4.78, 5) is 10.7. The van der Waals surface area contributed by atoms with E-state index >= 15 is 0 Å². The van der Waals surface area contributed by atoms with Crippen LogP contribution in [0.2, 0.25) is 0 Å². The lowest BCUT2D eigenvalue weighted by Crippen LogP contribution is -2.20. The minimum atomic E-state index is -3.98. The maximum absolute atomic E-state index is 13.4. The molecule has 0 aromatic heterocycles. The van der Waals surface area contributed by atoms with Gasteiger partial charge in [-0.15, -0.1) is 0 Å². The SMILES string of the molecule is NC(=O)c1cc(F)c(NS(=O)(=O)CCO)cc1F. The molecule has 6 nitrogen and oxygen atoms in total. The van der Waals surface area contributed by atoms with Gasteiger partial charge < -0.3 is 10.8 Å². The third-order valence-corrected chi connectivity index (χ3v) is 3.20. The highest BCUT2D eigenvalue weighted by Gasteiger charge is 2.17. The molecule has 0 aliphatic heterocycles. The average molecular weight is 280 g/mol. The number of carbonyl (C=O) groups excluding carboxylic acids is 1. The molecule has 0 radical (unpaired) electrons. The van der Waals surface area contributed by atoms with E-state index in [-0.39, 0.29) is 0 Å². The van der Waals surface area contributed by atoms with E-state index in [2.05, 4.69) is 0 Å². The number of amides is 1. The summed E-state index contributed by atoms with van der Waals surface area (Å²) in [5, 5.41) is 8.47. The minimum absolute atomic E-state index is 0.495. The van der Waals surface area contributed by atoms with Crippen LogP contribution in [0, 0.1) is 11.6 Å². The molecule has 0 aliphatic carbocycles. The molecule has 1 aromatic rings. The number of hydrogen-bond acceptors (Lipinski definition) is 4. The van der Waals surface area contributed by atoms with Gasteiger partial charge in [-0.2, -0.15) is 0 Å². The summed E-state index contributed by atoms with van der Waals surface area (Å²) in [6.07, 6.45) is 0. The molecule has 9 heteroatoms. The highest BCUT2D eigenvalue weighted by atomic mass is 32.2. The molecule has 0 atom stereocenters. The molecular weight excluding hydrogens is 270 g/mol. The van der Waals surface area contributed by atoms with Crippen LogP contribution >= 0.6 is 0 Å². The first kappa shape index (κ1) is 14.3. The molecule has 100 valence electrons. The number of rotatable bonds is 5. The molecule has 1 amide bonds. The van der Waals surface area contributed by atoms with Crippen molar-refractivity contribution < 1.29 is 27.1 Å². The van der Waals surface area contributed by atoms with Crippen molar-refractivity contribution in [3.63, 3.8) is 0 Å². The van der Waals surface area contributed by atoms with Crippen molar-refractivity contribution in [2.75, 3.05) is 17.1 Å². The average Bonchev–Trinajstić information content (AvgIpc) is 2.21. The highest BCUT2D eigenvalue weighted by Crippen LogP contribution is 2.20. The fourth-order valence-electron chi connectivity index (χ4n) is 1.15. The third-order valence-electron chi connectivity index (χ3n) is 1.95. The Morgan fingerprint density at radius 1 is 1.33 bits per heavy atom. The fourth-order valence-corrected chi connectivity index (χ4v) is 1.99. The first-order valence-corrected chi connectivity index (χ1v) is 6.32. The number of aliphatic hydroxyl groups is 1. The lowest BCUT2D eigenvalue weighted by molar-refractivity contribution is 0.0996. The van der Waals surface area contributed by atoms with Gasteiger partial charge in [0.05, 0.1) is 23.6 Å². The van der Waals surface area contributed by atoms with Gasteiger partial charge in [-0.1, -0.05) is 0 Å². The normalized spacial score (nSPS) is 11.3. The molecule has 1 aromatic carbocycles. The second-order valence-electron chi connectivity index (χ2n) is 3.32. The number of halogens is 2. The molecule has 18 heavy (non-hydrogen) atoms. The number of aliphatic hydroxyl groups excluding tert-OH is 1. The number of anilines is 1. The summed E-state index contributed by atoms with van der Waals surface area (Å²) in [5.74, 6) is -4.13. The Morgan fingerprint density at radius 3 is 2.44 bits per heavy atom. The maximum atomic E-state index is 13.4. The second kappa shape index (κ2) is 5.27. The predicted molar refractivity (Wildman–Crippen MR) is 59.4 cm³/mol. The molecule has 0 fully saturated rings. The van der Waals surface area contributed by atoms with Gasteiger partial charge in [0.2, 0.25) is 10.0 Å². The Bertz CT molecular complexity index is 574. The van der Waals surface area contributed by atoms with Crippen molar-refractivity contribution in [3.8, 4) is 0 Å². The number of hydrogen-bond donors (Lipinski definition) is 3. The summed E-state index contributed by atoms with van der Waals surface area (Å²) < 4.78 is 50.9. The van der Waals surface area contributed by atoms with E-state index in [1.54, 1.807) is 4.72 Å². The quantitative estimate of drug-likeness (QED) is 0.693. The van der Waals surface area contributed by atoms with E-state index in [0.29, 0.717) is 12.1 Å². The van der Waals surface area contributed by atoms with Crippen LogP contribution in [0.5, 0.6) is 0 Å². The van der Waals surface area contributed by atoms with Crippen molar-refractivity contribution in [2.45, 2.75) is 0 Å². The number of primary amides is 1. The standard InChI is InChI=1S/C9H10F2N2O4S/c10-6-4-8(13-18(16,17)2-1-14)7(11)3-5(6)9(12)15/h3-4,13-14H,1-2H2,(H2,12,15). The van der Waals surface area contributed by atoms with Gasteiger partial charge in [0.15, 0.2) is 0 Å². The molecule has 0 heterocycles. The van der Waals surface area contributed by atoms with Crippen molar-refractivity contribution in [1.82, 2.24) is 0 Å². The number of benzene rings is 1. The Labute approximate surface area is 101 Å². The first-order chi connectivity index (χ1) is 8.26. The van der Waals surface area contributed by atoms with Crippen LogP contribution in [0.1, 0.15) is 10.4 Å². The molecule has 4 N–H and O–H groups in total. The Balaban J connectivity index is 3.13. The molecule has 0 saturated carbocycles. The van der Waals surface area contributed by atoms with E-state index in [1.165, 1.54) is 0 Å². The third kappa shape index (κ3) is 3.37. The second-order valence-corrected chi connectivity index (χ2v) is 5.16.